The predicted octanol–water partition coefficient (Wildman–Crippen LogP) is 1.58. The number of ether oxygens (including phenoxy) is 1. The van der Waals surface area contributed by atoms with Crippen molar-refractivity contribution in [2.75, 3.05) is 19.7 Å². The van der Waals surface area contributed by atoms with Gasteiger partial charge in [-0.2, -0.15) is 0 Å². The van der Waals surface area contributed by atoms with Crippen LogP contribution in [-0.4, -0.2) is 47.7 Å². The van der Waals surface area contributed by atoms with E-state index in [0.29, 0.717) is 24.4 Å². The van der Waals surface area contributed by atoms with Crippen molar-refractivity contribution in [3.8, 4) is 0 Å². The molecule has 0 radical (unpaired) electrons. The minimum Gasteiger partial charge on any atom is -0.479 e. The first-order chi connectivity index (χ1) is 9.58. The van der Waals surface area contributed by atoms with Gasteiger partial charge in [0.15, 0.2) is 6.10 Å². The molecule has 5 nitrogen and oxygen atoms in total. The highest BCUT2D eigenvalue weighted by molar-refractivity contribution is 6.31. The summed E-state index contributed by atoms with van der Waals surface area (Å²) >= 11 is 6.04. The fraction of sp³-hybridized carbons (Fsp3) is 0.429. The monoisotopic (exact) mass is 297 g/mol. The van der Waals surface area contributed by atoms with E-state index in [1.54, 1.807) is 11.0 Å². The smallest absolute Gasteiger partial charge is 0.334 e. The fourth-order valence-corrected chi connectivity index (χ4v) is 2.36. The molecule has 0 aromatic heterocycles. The van der Waals surface area contributed by atoms with Crippen LogP contribution in [0, 0.1) is 0 Å². The van der Waals surface area contributed by atoms with Gasteiger partial charge in [-0.15, -0.1) is 0 Å². The summed E-state index contributed by atoms with van der Waals surface area (Å²) in [5.41, 5.74) is 0.922. The lowest BCUT2D eigenvalue weighted by molar-refractivity contribution is -0.159. The fourth-order valence-electron chi connectivity index (χ4n) is 2.13. The van der Waals surface area contributed by atoms with Crippen LogP contribution >= 0.6 is 11.6 Å². The molecule has 0 unspecified atom stereocenters. The molecular formula is C14H16ClNO4. The lowest BCUT2D eigenvalue weighted by Crippen LogP contribution is -2.48. The Labute approximate surface area is 122 Å². The van der Waals surface area contributed by atoms with Crippen molar-refractivity contribution in [1.82, 2.24) is 4.90 Å². The van der Waals surface area contributed by atoms with Crippen LogP contribution in [0.4, 0.5) is 0 Å². The number of benzene rings is 1. The van der Waals surface area contributed by atoms with Gasteiger partial charge >= 0.3 is 5.97 Å². The van der Waals surface area contributed by atoms with Crippen LogP contribution in [0.3, 0.4) is 0 Å². The SMILES string of the molecule is O=C(O)[C@H]1CN(C(=O)CCc2ccccc2Cl)CCO1. The number of nitrogens with zero attached hydrogens (tertiary/aromatic N) is 1. The lowest BCUT2D eigenvalue weighted by Gasteiger charge is -2.31. The van der Waals surface area contributed by atoms with Gasteiger partial charge < -0.3 is 14.7 Å². The molecule has 1 aromatic rings. The molecule has 1 atom stereocenters. The number of carboxylic acid groups (broad SMARTS) is 1. The maximum atomic E-state index is 12.1. The Bertz CT molecular complexity index is 506. The molecule has 0 spiro atoms. The third-order valence-corrected chi connectivity index (χ3v) is 3.63. The molecule has 0 saturated carbocycles. The highest BCUT2D eigenvalue weighted by atomic mass is 35.5. The topological polar surface area (TPSA) is 66.8 Å². The normalized spacial score (nSPS) is 18.9. The predicted molar refractivity (Wildman–Crippen MR) is 73.7 cm³/mol. The zero-order valence-electron chi connectivity index (χ0n) is 10.9. The number of aryl methyl sites for hydroxylation is 1. The molecule has 1 heterocycles. The number of carbonyl (C=O) groups excluding carboxylic acids is 1. The summed E-state index contributed by atoms with van der Waals surface area (Å²) in [6.45, 7) is 0.802. The molecule has 1 N–H and O–H groups in total. The van der Waals surface area contributed by atoms with E-state index in [2.05, 4.69) is 0 Å². The summed E-state index contributed by atoms with van der Waals surface area (Å²) in [6.07, 6.45) is -0.0584. The van der Waals surface area contributed by atoms with E-state index in [-0.39, 0.29) is 19.1 Å². The second kappa shape index (κ2) is 6.72. The largest absolute Gasteiger partial charge is 0.479 e. The van der Waals surface area contributed by atoms with Gasteiger partial charge in [0.2, 0.25) is 5.91 Å². The summed E-state index contributed by atoms with van der Waals surface area (Å²) in [6, 6.07) is 7.39. The zero-order chi connectivity index (χ0) is 14.5. The van der Waals surface area contributed by atoms with Crippen molar-refractivity contribution in [3.05, 3.63) is 34.9 Å². The van der Waals surface area contributed by atoms with Crippen molar-refractivity contribution >= 4 is 23.5 Å². The van der Waals surface area contributed by atoms with E-state index < -0.39 is 12.1 Å². The van der Waals surface area contributed by atoms with Crippen LogP contribution in [0.5, 0.6) is 0 Å². The first-order valence-electron chi connectivity index (χ1n) is 6.43. The van der Waals surface area contributed by atoms with E-state index in [1.165, 1.54) is 0 Å². The summed E-state index contributed by atoms with van der Waals surface area (Å²) in [4.78, 5) is 24.5. The average molecular weight is 298 g/mol. The van der Waals surface area contributed by atoms with Crippen LogP contribution in [0.25, 0.3) is 0 Å². The highest BCUT2D eigenvalue weighted by Crippen LogP contribution is 2.17. The van der Waals surface area contributed by atoms with E-state index in [0.717, 1.165) is 5.56 Å². The number of amides is 1. The van der Waals surface area contributed by atoms with Crippen molar-refractivity contribution in [2.24, 2.45) is 0 Å². The quantitative estimate of drug-likeness (QED) is 0.916. The lowest BCUT2D eigenvalue weighted by atomic mass is 10.1. The number of morpholine rings is 1. The van der Waals surface area contributed by atoms with Crippen molar-refractivity contribution in [3.63, 3.8) is 0 Å². The van der Waals surface area contributed by atoms with Gasteiger partial charge in [0.1, 0.15) is 0 Å². The van der Waals surface area contributed by atoms with Crippen LogP contribution in [-0.2, 0) is 20.7 Å². The van der Waals surface area contributed by atoms with Gasteiger partial charge in [0, 0.05) is 18.0 Å². The van der Waals surface area contributed by atoms with E-state index in [4.69, 9.17) is 21.4 Å². The number of hydrogen-bond donors (Lipinski definition) is 1. The first kappa shape index (κ1) is 14.8. The van der Waals surface area contributed by atoms with Crippen molar-refractivity contribution in [2.45, 2.75) is 18.9 Å². The van der Waals surface area contributed by atoms with Gasteiger partial charge in [-0.1, -0.05) is 29.8 Å². The van der Waals surface area contributed by atoms with Gasteiger partial charge in [0.05, 0.1) is 13.2 Å². The van der Waals surface area contributed by atoms with Gasteiger partial charge in [-0.25, -0.2) is 4.79 Å². The highest BCUT2D eigenvalue weighted by Gasteiger charge is 2.28. The maximum absolute atomic E-state index is 12.1. The van der Waals surface area contributed by atoms with Crippen molar-refractivity contribution < 1.29 is 19.4 Å². The summed E-state index contributed by atoms with van der Waals surface area (Å²) in [5.74, 6) is -1.10. The number of hydrogen-bond acceptors (Lipinski definition) is 3. The third-order valence-electron chi connectivity index (χ3n) is 3.26. The Morgan fingerprint density at radius 3 is 2.85 bits per heavy atom. The van der Waals surface area contributed by atoms with Gasteiger partial charge in [-0.05, 0) is 18.1 Å². The van der Waals surface area contributed by atoms with Gasteiger partial charge in [-0.3, -0.25) is 4.79 Å². The Kier molecular flexibility index (Phi) is 4.98. The van der Waals surface area contributed by atoms with Crippen LogP contribution in [0.15, 0.2) is 24.3 Å². The molecule has 0 bridgehead atoms. The second-order valence-corrected chi connectivity index (χ2v) is 5.04. The van der Waals surface area contributed by atoms with Gasteiger partial charge in [0.25, 0.3) is 0 Å². The minimum atomic E-state index is -1.03. The summed E-state index contributed by atoms with van der Waals surface area (Å²) in [7, 11) is 0. The average Bonchev–Trinajstić information content (AvgIpc) is 2.46. The maximum Gasteiger partial charge on any atom is 0.334 e. The third kappa shape index (κ3) is 3.71. The van der Waals surface area contributed by atoms with Crippen LogP contribution in [0.2, 0.25) is 5.02 Å². The molecule has 2 rings (SSSR count). The Balaban J connectivity index is 1.89. The molecule has 1 saturated heterocycles. The van der Waals surface area contributed by atoms with E-state index in [1.807, 2.05) is 18.2 Å². The van der Waals surface area contributed by atoms with E-state index in [9.17, 15) is 9.59 Å². The Morgan fingerprint density at radius 1 is 1.40 bits per heavy atom. The summed E-state index contributed by atoms with van der Waals surface area (Å²) in [5, 5.41) is 9.55. The van der Waals surface area contributed by atoms with E-state index >= 15 is 0 Å². The second-order valence-electron chi connectivity index (χ2n) is 4.63. The summed E-state index contributed by atoms with van der Waals surface area (Å²) < 4.78 is 5.09. The number of carbonyl (C=O) groups is 2. The molecular weight excluding hydrogens is 282 g/mol. The molecule has 1 fully saturated rings. The standard InChI is InChI=1S/C14H16ClNO4/c15-11-4-2-1-3-10(11)5-6-13(17)16-7-8-20-12(9-16)14(18)19/h1-4,12H,5-9H2,(H,18,19)/t12-/m1/s1. The number of carboxylic acids is 1. The van der Waals surface area contributed by atoms with Crippen LogP contribution < -0.4 is 0 Å². The van der Waals surface area contributed by atoms with Crippen LogP contribution in [0.1, 0.15) is 12.0 Å². The zero-order valence-corrected chi connectivity index (χ0v) is 11.7. The molecule has 108 valence electrons. The molecule has 1 aromatic carbocycles. The number of halogens is 1. The molecule has 1 aliphatic heterocycles. The molecule has 1 aliphatic rings. The molecule has 1 amide bonds. The Morgan fingerprint density at radius 2 is 2.15 bits per heavy atom. The molecule has 6 heteroatoms. The first-order valence-corrected chi connectivity index (χ1v) is 6.81. The molecule has 0 aliphatic carbocycles. The number of aliphatic carboxylic acids is 1. The number of rotatable bonds is 4. The molecule has 20 heavy (non-hydrogen) atoms. The minimum absolute atomic E-state index is 0.0699. The Hall–Kier alpha value is -1.59. The van der Waals surface area contributed by atoms with Crippen molar-refractivity contribution in [1.29, 1.82) is 0 Å².